The molecule has 1 atom stereocenters. The van der Waals surface area contributed by atoms with Gasteiger partial charge in [0, 0.05) is 0 Å². The summed E-state index contributed by atoms with van der Waals surface area (Å²) >= 11 is 0. The molecular formula is C29H40F2O4. The lowest BCUT2D eigenvalue weighted by atomic mass is 10.1. The van der Waals surface area contributed by atoms with E-state index < -0.39 is 23.2 Å². The summed E-state index contributed by atoms with van der Waals surface area (Å²) in [7, 11) is 0. The fourth-order valence-corrected chi connectivity index (χ4v) is 3.82. The summed E-state index contributed by atoms with van der Waals surface area (Å²) in [5.74, 6) is -2.70. The van der Waals surface area contributed by atoms with E-state index in [4.69, 9.17) is 14.2 Å². The van der Waals surface area contributed by atoms with E-state index in [1.165, 1.54) is 31.4 Å². The van der Waals surface area contributed by atoms with Crippen molar-refractivity contribution in [1.29, 1.82) is 0 Å². The first-order chi connectivity index (χ1) is 17.0. The van der Waals surface area contributed by atoms with Crippen molar-refractivity contribution in [3.05, 3.63) is 53.6 Å². The van der Waals surface area contributed by atoms with Gasteiger partial charge in [-0.1, -0.05) is 72.1 Å². The van der Waals surface area contributed by atoms with Crippen molar-refractivity contribution in [2.45, 2.75) is 97.5 Å². The molecule has 0 saturated carbocycles. The van der Waals surface area contributed by atoms with Crippen molar-refractivity contribution < 1.29 is 27.8 Å². The van der Waals surface area contributed by atoms with Crippen molar-refractivity contribution in [3.63, 3.8) is 0 Å². The van der Waals surface area contributed by atoms with Crippen LogP contribution in [0.25, 0.3) is 0 Å². The van der Waals surface area contributed by atoms with Gasteiger partial charge in [-0.15, -0.1) is 0 Å². The Morgan fingerprint density at radius 3 is 2.09 bits per heavy atom. The fraction of sp³-hybridized carbons (Fsp3) is 0.552. The molecule has 0 radical (unpaired) electrons. The lowest BCUT2D eigenvalue weighted by molar-refractivity contribution is 0.0728. The lowest BCUT2D eigenvalue weighted by Crippen LogP contribution is -2.16. The highest BCUT2D eigenvalue weighted by Gasteiger charge is 2.21. The highest BCUT2D eigenvalue weighted by Crippen LogP contribution is 2.26. The number of rotatable bonds is 17. The number of carbonyl (C=O) groups excluding carboxylic acids is 1. The van der Waals surface area contributed by atoms with Gasteiger partial charge in [-0.2, -0.15) is 4.39 Å². The molecule has 0 spiro atoms. The van der Waals surface area contributed by atoms with Crippen molar-refractivity contribution >= 4 is 5.97 Å². The van der Waals surface area contributed by atoms with Gasteiger partial charge >= 0.3 is 5.97 Å². The number of carbonyl (C=O) groups is 1. The Hall–Kier alpha value is -2.63. The van der Waals surface area contributed by atoms with E-state index in [0.717, 1.165) is 51.4 Å². The number of esters is 1. The molecule has 2 rings (SSSR count). The summed E-state index contributed by atoms with van der Waals surface area (Å²) in [5, 5.41) is 0. The molecule has 0 aliphatic heterocycles. The third-order valence-electron chi connectivity index (χ3n) is 5.85. The number of hydrogen-bond donors (Lipinski definition) is 0. The summed E-state index contributed by atoms with van der Waals surface area (Å²) in [6.07, 6.45) is 11.8. The Morgan fingerprint density at radius 2 is 1.40 bits per heavy atom. The van der Waals surface area contributed by atoms with Crippen LogP contribution >= 0.6 is 0 Å². The van der Waals surface area contributed by atoms with Gasteiger partial charge < -0.3 is 14.2 Å². The molecule has 35 heavy (non-hydrogen) atoms. The summed E-state index contributed by atoms with van der Waals surface area (Å²) in [6, 6.07) is 9.07. The van der Waals surface area contributed by atoms with Gasteiger partial charge in [-0.25, -0.2) is 9.18 Å². The summed E-state index contributed by atoms with van der Waals surface area (Å²) in [4.78, 5) is 12.4. The molecule has 0 saturated heterocycles. The molecule has 0 aliphatic carbocycles. The molecule has 0 bridgehead atoms. The van der Waals surface area contributed by atoms with E-state index >= 15 is 0 Å². The maximum absolute atomic E-state index is 14.5. The van der Waals surface area contributed by atoms with Gasteiger partial charge in [-0.3, -0.25) is 0 Å². The highest BCUT2D eigenvalue weighted by molar-refractivity contribution is 5.91. The monoisotopic (exact) mass is 490 g/mol. The number of ether oxygens (including phenoxy) is 3. The predicted octanol–water partition coefficient (Wildman–Crippen LogP) is 8.66. The molecule has 0 aromatic heterocycles. The molecule has 0 N–H and O–H groups in total. The molecule has 0 fully saturated rings. The van der Waals surface area contributed by atoms with Gasteiger partial charge in [0.2, 0.25) is 5.82 Å². The van der Waals surface area contributed by atoms with Crippen molar-refractivity contribution in [2.75, 3.05) is 6.61 Å². The molecule has 2 aromatic rings. The first kappa shape index (κ1) is 28.6. The molecule has 1 unspecified atom stereocenters. The zero-order chi connectivity index (χ0) is 25.5. The Balaban J connectivity index is 1.90. The maximum atomic E-state index is 14.5. The molecule has 2 aromatic carbocycles. The Morgan fingerprint density at radius 1 is 0.743 bits per heavy atom. The van der Waals surface area contributed by atoms with E-state index in [-0.39, 0.29) is 17.6 Å². The summed E-state index contributed by atoms with van der Waals surface area (Å²) < 4.78 is 45.7. The zero-order valence-corrected chi connectivity index (χ0v) is 21.4. The van der Waals surface area contributed by atoms with E-state index in [2.05, 4.69) is 20.8 Å². The second kappa shape index (κ2) is 16.1. The second-order valence-corrected chi connectivity index (χ2v) is 8.89. The Labute approximate surface area is 209 Å². The minimum Gasteiger partial charge on any atom is -0.490 e. The van der Waals surface area contributed by atoms with Gasteiger partial charge in [0.1, 0.15) is 11.5 Å². The largest absolute Gasteiger partial charge is 0.490 e. The van der Waals surface area contributed by atoms with Crippen LogP contribution in [0.2, 0.25) is 0 Å². The number of benzene rings is 2. The highest BCUT2D eigenvalue weighted by atomic mass is 19.2. The van der Waals surface area contributed by atoms with Crippen LogP contribution in [0.5, 0.6) is 17.2 Å². The van der Waals surface area contributed by atoms with Crippen LogP contribution < -0.4 is 14.2 Å². The van der Waals surface area contributed by atoms with Crippen LogP contribution in [0.1, 0.15) is 102 Å². The first-order valence-corrected chi connectivity index (χ1v) is 13.1. The van der Waals surface area contributed by atoms with Crippen LogP contribution in [-0.4, -0.2) is 18.7 Å². The topological polar surface area (TPSA) is 44.8 Å². The second-order valence-electron chi connectivity index (χ2n) is 8.89. The quantitative estimate of drug-likeness (QED) is 0.126. The smallest absolute Gasteiger partial charge is 0.346 e. The van der Waals surface area contributed by atoms with Crippen molar-refractivity contribution in [3.8, 4) is 17.2 Å². The molecular weight excluding hydrogens is 450 g/mol. The third-order valence-corrected chi connectivity index (χ3v) is 5.85. The Bertz CT molecular complexity index is 883. The SMILES string of the molecule is CCCCCCCCOc1ccc(C(=O)Oc2ccc(OC(CCC)CCCC)cc2)c(F)c1F. The minimum atomic E-state index is -1.27. The van der Waals surface area contributed by atoms with Crippen molar-refractivity contribution in [2.24, 2.45) is 0 Å². The number of unbranched alkanes of at least 4 members (excludes halogenated alkanes) is 6. The normalized spacial score (nSPS) is 11.8. The molecule has 0 amide bonds. The van der Waals surface area contributed by atoms with Gasteiger partial charge in [0.25, 0.3) is 0 Å². The minimum absolute atomic E-state index is 0.146. The van der Waals surface area contributed by atoms with E-state index in [1.54, 1.807) is 24.3 Å². The van der Waals surface area contributed by atoms with E-state index in [0.29, 0.717) is 12.4 Å². The third kappa shape index (κ3) is 9.87. The van der Waals surface area contributed by atoms with Gasteiger partial charge in [0.05, 0.1) is 18.3 Å². The van der Waals surface area contributed by atoms with Crippen LogP contribution in [0.3, 0.4) is 0 Å². The maximum Gasteiger partial charge on any atom is 0.346 e. The van der Waals surface area contributed by atoms with Crippen LogP contribution in [0, 0.1) is 11.6 Å². The zero-order valence-electron chi connectivity index (χ0n) is 21.4. The standard InChI is InChI=1S/C29H40F2O4/c1-4-7-9-10-11-12-21-33-26-20-19-25(27(30)28(26)31)29(32)35-24-17-15-23(16-18-24)34-22(13-6-3)14-8-5-2/h15-20,22H,4-14,21H2,1-3H3. The van der Waals surface area contributed by atoms with E-state index in [9.17, 15) is 13.6 Å². The van der Waals surface area contributed by atoms with Crippen LogP contribution in [-0.2, 0) is 0 Å². The molecule has 6 heteroatoms. The fourth-order valence-electron chi connectivity index (χ4n) is 3.82. The van der Waals surface area contributed by atoms with Crippen LogP contribution in [0.4, 0.5) is 8.78 Å². The Kier molecular flexibility index (Phi) is 13.2. The lowest BCUT2D eigenvalue weighted by Gasteiger charge is -2.18. The number of hydrogen-bond acceptors (Lipinski definition) is 4. The number of halogens is 2. The van der Waals surface area contributed by atoms with Gasteiger partial charge in [-0.05, 0) is 55.7 Å². The first-order valence-electron chi connectivity index (χ1n) is 13.1. The predicted molar refractivity (Wildman–Crippen MR) is 135 cm³/mol. The average Bonchev–Trinajstić information content (AvgIpc) is 2.85. The van der Waals surface area contributed by atoms with Gasteiger partial charge in [0.15, 0.2) is 11.6 Å². The molecule has 0 heterocycles. The average molecular weight is 491 g/mol. The molecule has 4 nitrogen and oxygen atoms in total. The molecule has 0 aliphatic rings. The van der Waals surface area contributed by atoms with Crippen molar-refractivity contribution in [1.82, 2.24) is 0 Å². The van der Waals surface area contributed by atoms with Crippen LogP contribution in [0.15, 0.2) is 36.4 Å². The summed E-state index contributed by atoms with van der Waals surface area (Å²) in [6.45, 7) is 6.74. The van der Waals surface area contributed by atoms with E-state index in [1.807, 2.05) is 0 Å². The molecule has 194 valence electrons. The summed E-state index contributed by atoms with van der Waals surface area (Å²) in [5.41, 5.74) is -0.475.